The highest BCUT2D eigenvalue weighted by Crippen LogP contribution is 2.20. The van der Waals surface area contributed by atoms with E-state index in [9.17, 15) is 9.59 Å². The van der Waals surface area contributed by atoms with Gasteiger partial charge in [-0.05, 0) is 25.1 Å². The number of halogens is 1. The number of aromatic nitrogens is 2. The lowest BCUT2D eigenvalue weighted by Crippen LogP contribution is -2.46. The van der Waals surface area contributed by atoms with Crippen LogP contribution in [0.5, 0.6) is 0 Å². The molecule has 0 bridgehead atoms. The molecule has 2 aromatic rings. The first-order chi connectivity index (χ1) is 12.0. The van der Waals surface area contributed by atoms with Crippen molar-refractivity contribution in [3.8, 4) is 5.69 Å². The Morgan fingerprint density at radius 3 is 2.96 bits per heavy atom. The van der Waals surface area contributed by atoms with Crippen LogP contribution in [0.15, 0.2) is 30.5 Å². The van der Waals surface area contributed by atoms with Gasteiger partial charge in [-0.3, -0.25) is 9.59 Å². The Balaban J connectivity index is 1.80. The standard InChI is InChI=1S/C17H18ClN3O4/c1-11-15(9-19-21(11)13-4-2-3-12(18)7-13)17(24)20-5-6-25-14(10-20)8-16(22)23/h2-4,7,9,14H,5-6,8,10H2,1H3,(H,22,23). The first-order valence-electron chi connectivity index (χ1n) is 7.89. The van der Waals surface area contributed by atoms with Crippen molar-refractivity contribution in [3.05, 3.63) is 46.7 Å². The molecule has 25 heavy (non-hydrogen) atoms. The van der Waals surface area contributed by atoms with Crippen molar-refractivity contribution in [3.63, 3.8) is 0 Å². The summed E-state index contributed by atoms with van der Waals surface area (Å²) in [5.41, 5.74) is 1.96. The molecule has 2 heterocycles. The van der Waals surface area contributed by atoms with Gasteiger partial charge in [0.15, 0.2) is 0 Å². The first-order valence-corrected chi connectivity index (χ1v) is 8.26. The van der Waals surface area contributed by atoms with Crippen molar-refractivity contribution >= 4 is 23.5 Å². The molecule has 3 rings (SSSR count). The van der Waals surface area contributed by atoms with Crippen LogP contribution in [0.3, 0.4) is 0 Å². The molecule has 0 aliphatic carbocycles. The summed E-state index contributed by atoms with van der Waals surface area (Å²) >= 11 is 6.02. The molecule has 1 aliphatic rings. The molecular formula is C17H18ClN3O4. The minimum absolute atomic E-state index is 0.120. The topological polar surface area (TPSA) is 84.7 Å². The summed E-state index contributed by atoms with van der Waals surface area (Å²) in [4.78, 5) is 25.3. The fraction of sp³-hybridized carbons (Fsp3) is 0.353. The number of carboxylic acid groups (broad SMARTS) is 1. The quantitative estimate of drug-likeness (QED) is 0.899. The van der Waals surface area contributed by atoms with E-state index in [2.05, 4.69) is 5.10 Å². The summed E-state index contributed by atoms with van der Waals surface area (Å²) in [5, 5.41) is 13.8. The van der Waals surface area contributed by atoms with Gasteiger partial charge in [0.1, 0.15) is 0 Å². The SMILES string of the molecule is Cc1c(C(=O)N2CCOC(CC(=O)O)C2)cnn1-c1cccc(Cl)c1. The number of amides is 1. The molecule has 1 unspecified atom stereocenters. The van der Waals surface area contributed by atoms with E-state index in [1.54, 1.807) is 21.7 Å². The second-order valence-electron chi connectivity index (χ2n) is 5.88. The van der Waals surface area contributed by atoms with E-state index >= 15 is 0 Å². The van der Waals surface area contributed by atoms with Gasteiger partial charge in [0.05, 0.1) is 42.3 Å². The van der Waals surface area contributed by atoms with E-state index in [4.69, 9.17) is 21.4 Å². The van der Waals surface area contributed by atoms with Gasteiger partial charge in [-0.15, -0.1) is 0 Å². The molecule has 1 fully saturated rings. The lowest BCUT2D eigenvalue weighted by Gasteiger charge is -2.32. The number of nitrogens with zero attached hydrogens (tertiary/aromatic N) is 3. The van der Waals surface area contributed by atoms with E-state index in [0.717, 1.165) is 5.69 Å². The van der Waals surface area contributed by atoms with Crippen LogP contribution in [-0.2, 0) is 9.53 Å². The number of hydrogen-bond acceptors (Lipinski definition) is 4. The van der Waals surface area contributed by atoms with Crippen molar-refractivity contribution in [2.45, 2.75) is 19.4 Å². The summed E-state index contributed by atoms with van der Waals surface area (Å²) in [6.07, 6.45) is 0.920. The predicted octanol–water partition coefficient (Wildman–Crippen LogP) is 2.15. The van der Waals surface area contributed by atoms with E-state index < -0.39 is 12.1 Å². The summed E-state index contributed by atoms with van der Waals surface area (Å²) in [6, 6.07) is 7.22. The van der Waals surface area contributed by atoms with Crippen LogP contribution in [0.25, 0.3) is 5.69 Å². The largest absolute Gasteiger partial charge is 0.481 e. The summed E-state index contributed by atoms with van der Waals surface area (Å²) < 4.78 is 7.07. The highest BCUT2D eigenvalue weighted by molar-refractivity contribution is 6.30. The Bertz CT molecular complexity index is 805. The van der Waals surface area contributed by atoms with E-state index in [1.807, 2.05) is 19.1 Å². The van der Waals surface area contributed by atoms with Crippen LogP contribution in [0.1, 0.15) is 22.5 Å². The molecule has 1 aromatic carbocycles. The minimum Gasteiger partial charge on any atom is -0.481 e. The molecule has 1 saturated heterocycles. The Hall–Kier alpha value is -2.38. The first kappa shape index (κ1) is 17.4. The molecule has 8 heteroatoms. The number of rotatable bonds is 4. The Labute approximate surface area is 149 Å². The Kier molecular flexibility index (Phi) is 5.06. The molecule has 7 nitrogen and oxygen atoms in total. The molecule has 0 saturated carbocycles. The van der Waals surface area contributed by atoms with Crippen LogP contribution in [0.2, 0.25) is 5.02 Å². The third-order valence-corrected chi connectivity index (χ3v) is 4.36. The number of hydrogen-bond donors (Lipinski definition) is 1. The number of morpholine rings is 1. The molecule has 1 atom stereocenters. The van der Waals surface area contributed by atoms with Gasteiger partial charge in [0, 0.05) is 18.1 Å². The maximum absolute atomic E-state index is 12.8. The zero-order valence-electron chi connectivity index (χ0n) is 13.7. The summed E-state index contributed by atoms with van der Waals surface area (Å²) in [7, 11) is 0. The Morgan fingerprint density at radius 1 is 1.44 bits per heavy atom. The zero-order chi connectivity index (χ0) is 18.0. The fourth-order valence-electron chi connectivity index (χ4n) is 2.88. The second-order valence-corrected chi connectivity index (χ2v) is 6.31. The average molecular weight is 364 g/mol. The van der Waals surface area contributed by atoms with E-state index in [1.165, 1.54) is 6.20 Å². The monoisotopic (exact) mass is 363 g/mol. The molecule has 1 aliphatic heterocycles. The van der Waals surface area contributed by atoms with Crippen LogP contribution >= 0.6 is 11.6 Å². The van der Waals surface area contributed by atoms with Crippen molar-refractivity contribution in [2.75, 3.05) is 19.7 Å². The van der Waals surface area contributed by atoms with Gasteiger partial charge in [-0.25, -0.2) is 4.68 Å². The van der Waals surface area contributed by atoms with Crippen molar-refractivity contribution in [2.24, 2.45) is 0 Å². The highest BCUT2D eigenvalue weighted by atomic mass is 35.5. The molecule has 1 aromatic heterocycles. The number of ether oxygens (including phenoxy) is 1. The van der Waals surface area contributed by atoms with E-state index in [-0.39, 0.29) is 18.9 Å². The average Bonchev–Trinajstić information content (AvgIpc) is 2.95. The smallest absolute Gasteiger partial charge is 0.306 e. The van der Waals surface area contributed by atoms with Crippen LogP contribution in [-0.4, -0.2) is 57.5 Å². The minimum atomic E-state index is -0.941. The van der Waals surface area contributed by atoms with Crippen LogP contribution < -0.4 is 0 Å². The maximum atomic E-state index is 12.8. The predicted molar refractivity (Wildman–Crippen MR) is 91.2 cm³/mol. The molecule has 1 amide bonds. The zero-order valence-corrected chi connectivity index (χ0v) is 14.4. The van der Waals surface area contributed by atoms with Gasteiger partial charge in [-0.2, -0.15) is 5.10 Å². The summed E-state index contributed by atoms with van der Waals surface area (Å²) in [6.45, 7) is 2.82. The van der Waals surface area contributed by atoms with E-state index in [0.29, 0.717) is 29.4 Å². The second kappa shape index (κ2) is 7.25. The fourth-order valence-corrected chi connectivity index (χ4v) is 3.06. The maximum Gasteiger partial charge on any atom is 0.306 e. The van der Waals surface area contributed by atoms with Gasteiger partial charge in [-0.1, -0.05) is 17.7 Å². The number of carbonyl (C=O) groups excluding carboxylic acids is 1. The number of benzene rings is 1. The van der Waals surface area contributed by atoms with Gasteiger partial charge >= 0.3 is 5.97 Å². The lowest BCUT2D eigenvalue weighted by molar-refractivity contribution is -0.141. The lowest BCUT2D eigenvalue weighted by atomic mass is 10.1. The third kappa shape index (κ3) is 3.83. The van der Waals surface area contributed by atoms with Gasteiger partial charge in [0.2, 0.25) is 0 Å². The van der Waals surface area contributed by atoms with Crippen molar-refractivity contribution < 1.29 is 19.4 Å². The molecule has 132 valence electrons. The van der Waals surface area contributed by atoms with Crippen molar-refractivity contribution in [1.29, 1.82) is 0 Å². The molecular weight excluding hydrogens is 346 g/mol. The van der Waals surface area contributed by atoms with Crippen molar-refractivity contribution in [1.82, 2.24) is 14.7 Å². The highest BCUT2D eigenvalue weighted by Gasteiger charge is 2.28. The normalized spacial score (nSPS) is 17.5. The van der Waals surface area contributed by atoms with Crippen LogP contribution in [0, 0.1) is 6.92 Å². The summed E-state index contributed by atoms with van der Waals surface area (Å²) in [5.74, 6) is -1.12. The van der Waals surface area contributed by atoms with Gasteiger partial charge < -0.3 is 14.7 Å². The number of aliphatic carboxylic acids is 1. The number of carboxylic acids is 1. The number of carbonyl (C=O) groups is 2. The molecule has 1 N–H and O–H groups in total. The third-order valence-electron chi connectivity index (χ3n) is 4.12. The molecule has 0 spiro atoms. The van der Waals surface area contributed by atoms with Crippen LogP contribution in [0.4, 0.5) is 0 Å². The Morgan fingerprint density at radius 2 is 2.24 bits per heavy atom. The molecule has 0 radical (unpaired) electrons. The van der Waals surface area contributed by atoms with Gasteiger partial charge in [0.25, 0.3) is 5.91 Å².